The van der Waals surface area contributed by atoms with Crippen molar-refractivity contribution in [1.29, 1.82) is 0 Å². The third kappa shape index (κ3) is 4.26. The Morgan fingerprint density at radius 1 is 1.09 bits per heavy atom. The van der Waals surface area contributed by atoms with E-state index in [9.17, 15) is 14.0 Å². The molecule has 0 unspecified atom stereocenters. The molecule has 164 valence electrons. The summed E-state index contributed by atoms with van der Waals surface area (Å²) in [6.45, 7) is 4.37. The molecule has 0 aromatic heterocycles. The van der Waals surface area contributed by atoms with Crippen LogP contribution in [0.4, 0.5) is 15.8 Å². The maximum atomic E-state index is 13.4. The molecule has 0 spiro atoms. The highest BCUT2D eigenvalue weighted by Crippen LogP contribution is 2.45. The van der Waals surface area contributed by atoms with Gasteiger partial charge in [-0.2, -0.15) is 0 Å². The Balaban J connectivity index is 1.65. The van der Waals surface area contributed by atoms with Crippen molar-refractivity contribution < 1.29 is 14.0 Å². The number of fused-ring (bicyclic) bond motifs is 1. The average molecular weight is 451 g/mol. The molecule has 2 amide bonds. The molecular formula is C26H24ClFN2O2. The molecule has 0 bridgehead atoms. The first-order valence-electron chi connectivity index (χ1n) is 10.5. The average Bonchev–Trinajstić information content (AvgIpc) is 2.77. The highest BCUT2D eigenvalue weighted by molar-refractivity contribution is 6.30. The first-order valence-corrected chi connectivity index (χ1v) is 10.9. The standard InChI is InChI=1S/C26H24ClFN2O2/c1-17(31)30-13-12-26(2,19-6-4-3-5-7-19)21-16-20(9-11-24(21)30)29-25(32)15-18-8-10-23(28)22(27)14-18/h3-11,14,16H,12-13,15H2,1-2H3,(H,29,32)/t26-/m1/s1. The first-order chi connectivity index (χ1) is 15.3. The van der Waals surface area contributed by atoms with Crippen molar-refractivity contribution in [1.82, 2.24) is 0 Å². The van der Waals surface area contributed by atoms with E-state index in [0.29, 0.717) is 17.8 Å². The molecule has 1 atom stereocenters. The van der Waals surface area contributed by atoms with Gasteiger partial charge in [-0.1, -0.05) is 54.9 Å². The summed E-state index contributed by atoms with van der Waals surface area (Å²) in [7, 11) is 0. The van der Waals surface area contributed by atoms with E-state index in [2.05, 4.69) is 24.4 Å². The summed E-state index contributed by atoms with van der Waals surface area (Å²) in [5.41, 5.74) is 3.99. The Morgan fingerprint density at radius 2 is 1.84 bits per heavy atom. The lowest BCUT2D eigenvalue weighted by atomic mass is 9.71. The van der Waals surface area contributed by atoms with E-state index in [1.54, 1.807) is 24.0 Å². The van der Waals surface area contributed by atoms with Crippen molar-refractivity contribution in [3.8, 4) is 0 Å². The number of nitrogens with one attached hydrogen (secondary N) is 1. The number of hydrogen-bond acceptors (Lipinski definition) is 2. The fraction of sp³-hybridized carbons (Fsp3) is 0.231. The molecule has 3 aromatic rings. The molecule has 0 fully saturated rings. The van der Waals surface area contributed by atoms with Crippen molar-refractivity contribution in [2.24, 2.45) is 0 Å². The summed E-state index contributed by atoms with van der Waals surface area (Å²) in [5, 5.41) is 2.92. The molecule has 0 radical (unpaired) electrons. The first kappa shape index (κ1) is 22.0. The summed E-state index contributed by atoms with van der Waals surface area (Å²) in [6, 6.07) is 20.1. The van der Waals surface area contributed by atoms with Gasteiger partial charge < -0.3 is 10.2 Å². The Kier molecular flexibility index (Phi) is 6.02. The molecule has 1 aliphatic heterocycles. The monoisotopic (exact) mass is 450 g/mol. The number of amides is 2. The van der Waals surface area contributed by atoms with Gasteiger partial charge in [-0.05, 0) is 53.4 Å². The topological polar surface area (TPSA) is 49.4 Å². The van der Waals surface area contributed by atoms with E-state index >= 15 is 0 Å². The Morgan fingerprint density at radius 3 is 2.53 bits per heavy atom. The lowest BCUT2D eigenvalue weighted by Crippen LogP contribution is -2.41. The summed E-state index contributed by atoms with van der Waals surface area (Å²) in [5.74, 6) is -0.750. The quantitative estimate of drug-likeness (QED) is 0.552. The van der Waals surface area contributed by atoms with E-state index in [0.717, 1.165) is 23.2 Å². The number of carbonyl (C=O) groups excluding carboxylic acids is 2. The molecule has 1 N–H and O–H groups in total. The van der Waals surface area contributed by atoms with Crippen LogP contribution in [0.2, 0.25) is 5.02 Å². The Hall–Kier alpha value is -3.18. The fourth-order valence-corrected chi connectivity index (χ4v) is 4.56. The van der Waals surface area contributed by atoms with Gasteiger partial charge in [0.05, 0.1) is 11.4 Å². The minimum Gasteiger partial charge on any atom is -0.326 e. The fourth-order valence-electron chi connectivity index (χ4n) is 4.35. The van der Waals surface area contributed by atoms with Crippen molar-refractivity contribution in [3.63, 3.8) is 0 Å². The minimum atomic E-state index is -0.513. The van der Waals surface area contributed by atoms with Gasteiger partial charge in [0.25, 0.3) is 0 Å². The number of nitrogens with zero attached hydrogens (tertiary/aromatic N) is 1. The molecule has 4 nitrogen and oxygen atoms in total. The summed E-state index contributed by atoms with van der Waals surface area (Å²) < 4.78 is 13.4. The van der Waals surface area contributed by atoms with Crippen LogP contribution in [0.5, 0.6) is 0 Å². The number of rotatable bonds is 4. The predicted octanol–water partition coefficient (Wildman–Crippen LogP) is 5.72. The van der Waals surface area contributed by atoms with Gasteiger partial charge in [-0.3, -0.25) is 9.59 Å². The van der Waals surface area contributed by atoms with Crippen LogP contribution < -0.4 is 10.2 Å². The maximum absolute atomic E-state index is 13.4. The molecule has 3 aromatic carbocycles. The summed E-state index contributed by atoms with van der Waals surface area (Å²) >= 11 is 5.83. The van der Waals surface area contributed by atoms with Crippen LogP contribution in [0.1, 0.15) is 37.0 Å². The van der Waals surface area contributed by atoms with E-state index < -0.39 is 5.82 Å². The zero-order chi connectivity index (χ0) is 22.9. The number of hydrogen-bond donors (Lipinski definition) is 1. The zero-order valence-corrected chi connectivity index (χ0v) is 18.7. The van der Waals surface area contributed by atoms with Gasteiger partial charge in [0, 0.05) is 30.3 Å². The lowest BCUT2D eigenvalue weighted by Gasteiger charge is -2.41. The number of carbonyl (C=O) groups is 2. The zero-order valence-electron chi connectivity index (χ0n) is 18.0. The van der Waals surface area contributed by atoms with Gasteiger partial charge in [0.1, 0.15) is 5.82 Å². The van der Waals surface area contributed by atoms with Crippen molar-refractivity contribution in [2.45, 2.75) is 32.1 Å². The van der Waals surface area contributed by atoms with Gasteiger partial charge in [0.15, 0.2) is 0 Å². The predicted molar refractivity (Wildman–Crippen MR) is 126 cm³/mol. The minimum absolute atomic E-state index is 0.00738. The van der Waals surface area contributed by atoms with Crippen LogP contribution in [-0.4, -0.2) is 18.4 Å². The maximum Gasteiger partial charge on any atom is 0.228 e. The molecule has 0 saturated carbocycles. The normalized spacial score (nSPS) is 17.6. The molecule has 1 aliphatic rings. The van der Waals surface area contributed by atoms with E-state index in [-0.39, 0.29) is 28.7 Å². The van der Waals surface area contributed by atoms with Crippen molar-refractivity contribution in [2.75, 3.05) is 16.8 Å². The lowest BCUT2D eigenvalue weighted by molar-refractivity contribution is -0.117. The largest absolute Gasteiger partial charge is 0.326 e. The highest BCUT2D eigenvalue weighted by atomic mass is 35.5. The van der Waals surface area contributed by atoms with Crippen LogP contribution in [0, 0.1) is 5.82 Å². The third-order valence-electron chi connectivity index (χ3n) is 6.14. The number of anilines is 2. The Labute approximate surface area is 192 Å². The number of benzene rings is 3. The second-order valence-electron chi connectivity index (χ2n) is 8.32. The van der Waals surface area contributed by atoms with Crippen LogP contribution in [0.3, 0.4) is 0 Å². The summed E-state index contributed by atoms with van der Waals surface area (Å²) in [4.78, 5) is 26.7. The van der Waals surface area contributed by atoms with E-state index in [4.69, 9.17) is 11.6 Å². The molecule has 6 heteroatoms. The molecule has 4 rings (SSSR count). The van der Waals surface area contributed by atoms with Gasteiger partial charge in [0.2, 0.25) is 11.8 Å². The molecule has 0 saturated heterocycles. The van der Waals surface area contributed by atoms with Gasteiger partial charge in [-0.25, -0.2) is 4.39 Å². The van der Waals surface area contributed by atoms with Crippen molar-refractivity contribution >= 4 is 34.8 Å². The van der Waals surface area contributed by atoms with Crippen LogP contribution in [-0.2, 0) is 21.4 Å². The van der Waals surface area contributed by atoms with Gasteiger partial charge >= 0.3 is 0 Å². The van der Waals surface area contributed by atoms with Gasteiger partial charge in [-0.15, -0.1) is 0 Å². The number of halogens is 2. The van der Waals surface area contributed by atoms with Crippen molar-refractivity contribution in [3.05, 3.63) is 94.3 Å². The summed E-state index contributed by atoms with van der Waals surface area (Å²) in [6.07, 6.45) is 0.849. The smallest absolute Gasteiger partial charge is 0.228 e. The molecule has 32 heavy (non-hydrogen) atoms. The second kappa shape index (κ2) is 8.75. The molecule has 1 heterocycles. The Bertz CT molecular complexity index is 1180. The van der Waals surface area contributed by atoms with Crippen LogP contribution in [0.15, 0.2) is 66.7 Å². The second-order valence-corrected chi connectivity index (χ2v) is 8.73. The van der Waals surface area contributed by atoms with E-state index in [1.807, 2.05) is 30.3 Å². The highest BCUT2D eigenvalue weighted by Gasteiger charge is 2.37. The SMILES string of the molecule is CC(=O)N1CC[C@](C)(c2ccccc2)c2cc(NC(=O)Cc3ccc(F)c(Cl)c3)ccc21. The van der Waals surface area contributed by atoms with Crippen LogP contribution >= 0.6 is 11.6 Å². The third-order valence-corrected chi connectivity index (χ3v) is 6.43. The molecule has 0 aliphatic carbocycles. The van der Waals surface area contributed by atoms with E-state index in [1.165, 1.54) is 12.1 Å². The molecular weight excluding hydrogens is 427 g/mol. The van der Waals surface area contributed by atoms with Crippen LogP contribution in [0.25, 0.3) is 0 Å².